The van der Waals surface area contributed by atoms with Gasteiger partial charge in [0.15, 0.2) is 0 Å². The normalized spacial score (nSPS) is 16.2. The molecule has 0 aliphatic carbocycles. The molecule has 2 N–H and O–H groups in total. The Bertz CT molecular complexity index is 948. The average molecular weight is 408 g/mol. The molecule has 1 aliphatic heterocycles. The summed E-state index contributed by atoms with van der Waals surface area (Å²) in [6.07, 6.45) is 0. The van der Waals surface area contributed by atoms with Gasteiger partial charge in [-0.05, 0) is 31.4 Å². The first-order chi connectivity index (χ1) is 14.4. The third kappa shape index (κ3) is 4.82. The van der Waals surface area contributed by atoms with E-state index in [4.69, 9.17) is 9.47 Å². The van der Waals surface area contributed by atoms with Gasteiger partial charge in [-0.1, -0.05) is 61.9 Å². The standard InChI is InChI=1S/C24H28N2O4/c1-5-29-23(27)20-21(15(2)3)25-24(28)26-22(20)18-8-6-7-9-19(18)30-14-17-12-10-16(4)11-13-17/h6-13,15,22H,5,14H2,1-4H3,(H2,25,26,28). The van der Waals surface area contributed by atoms with Crippen molar-refractivity contribution >= 4 is 12.0 Å². The van der Waals surface area contributed by atoms with Crippen LogP contribution in [0.25, 0.3) is 0 Å². The highest BCUT2D eigenvalue weighted by Crippen LogP contribution is 2.35. The molecule has 1 atom stereocenters. The number of nitrogens with one attached hydrogen (secondary N) is 2. The van der Waals surface area contributed by atoms with Gasteiger partial charge in [-0.2, -0.15) is 0 Å². The van der Waals surface area contributed by atoms with Crippen molar-refractivity contribution in [3.63, 3.8) is 0 Å². The molecule has 1 aliphatic rings. The number of aryl methyl sites for hydroxylation is 1. The number of carbonyl (C=O) groups excluding carboxylic acids is 2. The topological polar surface area (TPSA) is 76.7 Å². The summed E-state index contributed by atoms with van der Waals surface area (Å²) in [6.45, 7) is 8.28. The lowest BCUT2D eigenvalue weighted by molar-refractivity contribution is -0.139. The third-order valence-corrected chi connectivity index (χ3v) is 4.92. The Labute approximate surface area is 177 Å². The van der Waals surface area contributed by atoms with Gasteiger partial charge in [-0.15, -0.1) is 0 Å². The predicted octanol–water partition coefficient (Wildman–Crippen LogP) is 4.40. The minimum Gasteiger partial charge on any atom is -0.489 e. The summed E-state index contributed by atoms with van der Waals surface area (Å²) in [7, 11) is 0. The smallest absolute Gasteiger partial charge is 0.338 e. The summed E-state index contributed by atoms with van der Waals surface area (Å²) in [4.78, 5) is 25.2. The summed E-state index contributed by atoms with van der Waals surface area (Å²) in [5.41, 5.74) is 3.89. The Morgan fingerprint density at radius 1 is 1.10 bits per heavy atom. The van der Waals surface area contributed by atoms with Gasteiger partial charge in [0.1, 0.15) is 12.4 Å². The molecule has 0 bridgehead atoms. The lowest BCUT2D eigenvalue weighted by Gasteiger charge is -2.31. The lowest BCUT2D eigenvalue weighted by atomic mass is 9.91. The van der Waals surface area contributed by atoms with Crippen LogP contribution in [0.3, 0.4) is 0 Å². The highest BCUT2D eigenvalue weighted by atomic mass is 16.5. The molecule has 0 aromatic heterocycles. The van der Waals surface area contributed by atoms with Crippen molar-refractivity contribution in [1.82, 2.24) is 10.6 Å². The monoisotopic (exact) mass is 408 g/mol. The summed E-state index contributed by atoms with van der Waals surface area (Å²) in [5, 5.41) is 5.64. The second-order valence-corrected chi connectivity index (χ2v) is 7.55. The Hall–Kier alpha value is -3.28. The molecule has 3 rings (SSSR count). The molecule has 1 unspecified atom stereocenters. The molecule has 0 spiro atoms. The Kier molecular flexibility index (Phi) is 6.77. The number of hydrogen-bond donors (Lipinski definition) is 2. The molecule has 6 nitrogen and oxygen atoms in total. The van der Waals surface area contributed by atoms with Gasteiger partial charge in [0.25, 0.3) is 0 Å². The first-order valence-corrected chi connectivity index (χ1v) is 10.2. The Morgan fingerprint density at radius 3 is 2.47 bits per heavy atom. The highest BCUT2D eigenvalue weighted by Gasteiger charge is 2.36. The van der Waals surface area contributed by atoms with Crippen molar-refractivity contribution in [2.45, 2.75) is 40.3 Å². The first-order valence-electron chi connectivity index (χ1n) is 10.2. The molecule has 0 saturated carbocycles. The predicted molar refractivity (Wildman–Crippen MR) is 115 cm³/mol. The molecule has 2 amide bonds. The molecule has 1 heterocycles. The summed E-state index contributed by atoms with van der Waals surface area (Å²) < 4.78 is 11.4. The molecule has 30 heavy (non-hydrogen) atoms. The van der Waals surface area contributed by atoms with E-state index < -0.39 is 12.0 Å². The van der Waals surface area contributed by atoms with Crippen molar-refractivity contribution in [3.05, 3.63) is 76.5 Å². The van der Waals surface area contributed by atoms with E-state index in [1.807, 2.05) is 69.3 Å². The molecule has 6 heteroatoms. The van der Waals surface area contributed by atoms with E-state index in [2.05, 4.69) is 10.6 Å². The van der Waals surface area contributed by atoms with Gasteiger partial charge in [-0.3, -0.25) is 0 Å². The van der Waals surface area contributed by atoms with Gasteiger partial charge >= 0.3 is 12.0 Å². The SMILES string of the molecule is CCOC(=O)C1=C(C(C)C)NC(=O)NC1c1ccccc1OCc1ccc(C)cc1. The lowest BCUT2D eigenvalue weighted by Crippen LogP contribution is -2.47. The zero-order valence-corrected chi connectivity index (χ0v) is 17.8. The maximum atomic E-state index is 12.8. The molecule has 2 aromatic rings. The number of urea groups is 1. The maximum Gasteiger partial charge on any atom is 0.338 e. The largest absolute Gasteiger partial charge is 0.489 e. The van der Waals surface area contributed by atoms with E-state index in [0.29, 0.717) is 29.2 Å². The van der Waals surface area contributed by atoms with E-state index in [1.54, 1.807) is 6.92 Å². The summed E-state index contributed by atoms with van der Waals surface area (Å²) >= 11 is 0. The fourth-order valence-corrected chi connectivity index (χ4v) is 3.41. The van der Waals surface area contributed by atoms with Gasteiger partial charge in [0.2, 0.25) is 0 Å². The number of rotatable bonds is 7. The quantitative estimate of drug-likeness (QED) is 0.666. The number of ether oxygens (including phenoxy) is 2. The van der Waals surface area contributed by atoms with Crippen molar-refractivity contribution in [2.75, 3.05) is 6.61 Å². The van der Waals surface area contributed by atoms with Crippen LogP contribution in [0, 0.1) is 12.8 Å². The number of carbonyl (C=O) groups is 2. The second-order valence-electron chi connectivity index (χ2n) is 7.55. The van der Waals surface area contributed by atoms with Crippen LogP contribution in [0.5, 0.6) is 5.75 Å². The molecule has 0 fully saturated rings. The number of benzene rings is 2. The minimum atomic E-state index is -0.663. The fourth-order valence-electron chi connectivity index (χ4n) is 3.41. The minimum absolute atomic E-state index is 0.0569. The van der Waals surface area contributed by atoms with Crippen molar-refractivity contribution in [3.8, 4) is 5.75 Å². The van der Waals surface area contributed by atoms with E-state index >= 15 is 0 Å². The molecule has 0 saturated heterocycles. The number of esters is 1. The molecular formula is C24H28N2O4. The molecule has 0 radical (unpaired) electrons. The van der Waals surface area contributed by atoms with E-state index in [-0.39, 0.29) is 18.6 Å². The van der Waals surface area contributed by atoms with Gasteiger partial charge in [-0.25, -0.2) is 9.59 Å². The van der Waals surface area contributed by atoms with Crippen LogP contribution in [0.2, 0.25) is 0 Å². The van der Waals surface area contributed by atoms with E-state index in [0.717, 1.165) is 5.56 Å². The van der Waals surface area contributed by atoms with Crippen molar-refractivity contribution < 1.29 is 19.1 Å². The maximum absolute atomic E-state index is 12.8. The molecular weight excluding hydrogens is 380 g/mol. The summed E-state index contributed by atoms with van der Waals surface area (Å²) in [6, 6.07) is 14.5. The Morgan fingerprint density at radius 2 is 1.80 bits per heavy atom. The van der Waals surface area contributed by atoms with Crippen molar-refractivity contribution in [1.29, 1.82) is 0 Å². The number of para-hydroxylation sites is 1. The third-order valence-electron chi connectivity index (χ3n) is 4.92. The average Bonchev–Trinajstić information content (AvgIpc) is 2.73. The van der Waals surface area contributed by atoms with Crippen LogP contribution in [0.4, 0.5) is 4.79 Å². The molecule has 158 valence electrons. The Balaban J connectivity index is 1.97. The van der Waals surface area contributed by atoms with Crippen molar-refractivity contribution in [2.24, 2.45) is 5.92 Å². The van der Waals surface area contributed by atoms with E-state index in [1.165, 1.54) is 5.56 Å². The van der Waals surface area contributed by atoms with E-state index in [9.17, 15) is 9.59 Å². The number of hydrogen-bond acceptors (Lipinski definition) is 4. The molecule has 2 aromatic carbocycles. The second kappa shape index (κ2) is 9.48. The summed E-state index contributed by atoms with van der Waals surface area (Å²) in [5.74, 6) is 0.0980. The fraction of sp³-hybridized carbons (Fsp3) is 0.333. The van der Waals surface area contributed by atoms with Crippen LogP contribution < -0.4 is 15.4 Å². The number of amides is 2. The van der Waals surface area contributed by atoms with Crippen LogP contribution in [0.15, 0.2) is 59.8 Å². The van der Waals surface area contributed by atoms with Crippen LogP contribution in [-0.4, -0.2) is 18.6 Å². The van der Waals surface area contributed by atoms with Gasteiger partial charge < -0.3 is 20.1 Å². The first kappa shape index (κ1) is 21.4. The van der Waals surface area contributed by atoms with Crippen LogP contribution >= 0.6 is 0 Å². The number of allylic oxidation sites excluding steroid dienone is 1. The zero-order chi connectivity index (χ0) is 21.7. The van der Waals surface area contributed by atoms with Gasteiger partial charge in [0, 0.05) is 11.3 Å². The zero-order valence-electron chi connectivity index (χ0n) is 17.8. The highest BCUT2D eigenvalue weighted by molar-refractivity contribution is 5.95. The van der Waals surface area contributed by atoms with Crippen LogP contribution in [0.1, 0.15) is 43.5 Å². The van der Waals surface area contributed by atoms with Crippen LogP contribution in [-0.2, 0) is 16.1 Å². The van der Waals surface area contributed by atoms with Gasteiger partial charge in [0.05, 0.1) is 18.2 Å².